The Kier molecular flexibility index (Phi) is 4.45. The molecule has 1 aliphatic carbocycles. The first kappa shape index (κ1) is 15.4. The number of nitrogens with one attached hydrogen (secondary N) is 1. The lowest BCUT2D eigenvalue weighted by Gasteiger charge is -2.40. The van der Waals surface area contributed by atoms with Crippen LogP contribution in [0.5, 0.6) is 0 Å². The molecular weight excluding hydrogens is 255 g/mol. The van der Waals surface area contributed by atoms with E-state index in [-0.39, 0.29) is 11.9 Å². The molecule has 1 fully saturated rings. The zero-order chi connectivity index (χ0) is 14.8. The predicted molar refractivity (Wildman–Crippen MR) is 77.8 cm³/mol. The van der Waals surface area contributed by atoms with Gasteiger partial charge in [-0.25, -0.2) is 4.39 Å². The topological polar surface area (TPSA) is 45.1 Å². The monoisotopic (exact) mass is 280 g/mol. The van der Waals surface area contributed by atoms with Gasteiger partial charge >= 0.3 is 0 Å². The highest BCUT2D eigenvalue weighted by atomic mass is 19.1. The molecule has 0 aromatic carbocycles. The van der Waals surface area contributed by atoms with Crippen LogP contribution in [0, 0.1) is 11.2 Å². The van der Waals surface area contributed by atoms with Gasteiger partial charge in [-0.15, -0.1) is 0 Å². The van der Waals surface area contributed by atoms with Crippen LogP contribution < -0.4 is 5.32 Å². The molecule has 1 atom stereocenters. The van der Waals surface area contributed by atoms with E-state index in [1.807, 2.05) is 6.92 Å². The van der Waals surface area contributed by atoms with Crippen LogP contribution in [-0.4, -0.2) is 22.2 Å². The van der Waals surface area contributed by atoms with Crippen molar-refractivity contribution in [3.8, 4) is 0 Å². The van der Waals surface area contributed by atoms with Gasteiger partial charge in [0.05, 0.1) is 17.5 Å². The summed E-state index contributed by atoms with van der Waals surface area (Å²) >= 11 is 0. The highest BCUT2D eigenvalue weighted by Crippen LogP contribution is 2.40. The Labute approximate surface area is 120 Å². The molecule has 4 heteroatoms. The van der Waals surface area contributed by atoms with Crippen LogP contribution in [0.3, 0.4) is 0 Å². The third kappa shape index (κ3) is 4.00. The summed E-state index contributed by atoms with van der Waals surface area (Å²) in [6.45, 7) is 7.05. The summed E-state index contributed by atoms with van der Waals surface area (Å²) in [6.07, 6.45) is 4.99. The number of halogens is 1. The van der Waals surface area contributed by atoms with Crippen molar-refractivity contribution >= 4 is 0 Å². The molecule has 2 N–H and O–H groups in total. The SMILES string of the molecule is CC(NCC1(O)CCC(C)(C)CC1)c1ccc(F)cn1. The van der Waals surface area contributed by atoms with Crippen molar-refractivity contribution in [2.45, 2.75) is 58.1 Å². The fourth-order valence-electron chi connectivity index (χ4n) is 2.66. The summed E-state index contributed by atoms with van der Waals surface area (Å²) < 4.78 is 12.8. The standard InChI is InChI=1S/C16H25FN2O/c1-12(14-5-4-13(17)10-18-14)19-11-16(20)8-6-15(2,3)7-9-16/h4-5,10,12,19-20H,6-9,11H2,1-3H3. The number of pyridine rings is 1. The molecule has 1 saturated carbocycles. The van der Waals surface area contributed by atoms with E-state index in [1.165, 1.54) is 12.3 Å². The number of hydrogen-bond acceptors (Lipinski definition) is 3. The van der Waals surface area contributed by atoms with E-state index >= 15 is 0 Å². The molecule has 2 rings (SSSR count). The van der Waals surface area contributed by atoms with Gasteiger partial charge in [0.25, 0.3) is 0 Å². The van der Waals surface area contributed by atoms with Gasteiger partial charge in [0.2, 0.25) is 0 Å². The smallest absolute Gasteiger partial charge is 0.141 e. The average Bonchev–Trinajstić information content (AvgIpc) is 2.41. The van der Waals surface area contributed by atoms with Crippen LogP contribution >= 0.6 is 0 Å². The lowest BCUT2D eigenvalue weighted by atomic mass is 9.71. The van der Waals surface area contributed by atoms with Gasteiger partial charge in [-0.2, -0.15) is 0 Å². The van der Waals surface area contributed by atoms with Crippen molar-refractivity contribution in [1.82, 2.24) is 10.3 Å². The minimum absolute atomic E-state index is 0.00885. The molecule has 0 saturated heterocycles. The normalized spacial score (nSPS) is 22.4. The largest absolute Gasteiger partial charge is 0.389 e. The number of nitrogens with zero attached hydrogens (tertiary/aromatic N) is 1. The molecule has 0 spiro atoms. The second kappa shape index (κ2) is 5.78. The molecule has 1 unspecified atom stereocenters. The Morgan fingerprint density at radius 2 is 1.95 bits per heavy atom. The van der Waals surface area contributed by atoms with E-state index < -0.39 is 5.60 Å². The molecular formula is C16H25FN2O. The summed E-state index contributed by atoms with van der Waals surface area (Å²) in [6, 6.07) is 3.11. The van der Waals surface area contributed by atoms with Crippen molar-refractivity contribution in [2.24, 2.45) is 5.41 Å². The number of aromatic nitrogens is 1. The zero-order valence-corrected chi connectivity index (χ0v) is 12.6. The Morgan fingerprint density at radius 3 is 2.50 bits per heavy atom. The maximum Gasteiger partial charge on any atom is 0.141 e. The summed E-state index contributed by atoms with van der Waals surface area (Å²) in [5.74, 6) is -0.325. The van der Waals surface area contributed by atoms with Gasteiger partial charge in [0.15, 0.2) is 0 Å². The summed E-state index contributed by atoms with van der Waals surface area (Å²) in [7, 11) is 0. The van der Waals surface area contributed by atoms with E-state index in [4.69, 9.17) is 0 Å². The third-order valence-corrected chi connectivity index (χ3v) is 4.47. The van der Waals surface area contributed by atoms with E-state index in [9.17, 15) is 9.50 Å². The van der Waals surface area contributed by atoms with Crippen LogP contribution in [0.15, 0.2) is 18.3 Å². The Hall–Kier alpha value is -1.00. The second-order valence-corrected chi connectivity index (χ2v) is 6.89. The van der Waals surface area contributed by atoms with Gasteiger partial charge in [-0.1, -0.05) is 13.8 Å². The molecule has 0 radical (unpaired) electrons. The van der Waals surface area contributed by atoms with Crippen LogP contribution in [-0.2, 0) is 0 Å². The first-order chi connectivity index (χ1) is 9.30. The molecule has 0 bridgehead atoms. The highest BCUT2D eigenvalue weighted by Gasteiger charge is 2.36. The van der Waals surface area contributed by atoms with Gasteiger partial charge in [-0.3, -0.25) is 4.98 Å². The van der Waals surface area contributed by atoms with E-state index in [2.05, 4.69) is 24.1 Å². The summed E-state index contributed by atoms with van der Waals surface area (Å²) in [5.41, 5.74) is 0.520. The molecule has 20 heavy (non-hydrogen) atoms. The molecule has 1 aromatic heterocycles. The van der Waals surface area contributed by atoms with Gasteiger partial charge < -0.3 is 10.4 Å². The molecule has 3 nitrogen and oxygen atoms in total. The Morgan fingerprint density at radius 1 is 1.30 bits per heavy atom. The average molecular weight is 280 g/mol. The van der Waals surface area contributed by atoms with Crippen molar-refractivity contribution in [2.75, 3.05) is 6.54 Å². The first-order valence-corrected chi connectivity index (χ1v) is 7.37. The van der Waals surface area contributed by atoms with Crippen LogP contribution in [0.2, 0.25) is 0 Å². The second-order valence-electron chi connectivity index (χ2n) is 6.89. The number of rotatable bonds is 4. The lowest BCUT2D eigenvalue weighted by Crippen LogP contribution is -2.45. The van der Waals surface area contributed by atoms with Crippen molar-refractivity contribution in [1.29, 1.82) is 0 Å². The molecule has 112 valence electrons. The summed E-state index contributed by atoms with van der Waals surface area (Å²) in [4.78, 5) is 4.07. The number of hydrogen-bond donors (Lipinski definition) is 2. The van der Waals surface area contributed by atoms with E-state index in [0.717, 1.165) is 31.4 Å². The van der Waals surface area contributed by atoms with Crippen LogP contribution in [0.25, 0.3) is 0 Å². The molecule has 0 aliphatic heterocycles. The van der Waals surface area contributed by atoms with Crippen LogP contribution in [0.1, 0.15) is 58.2 Å². The van der Waals surface area contributed by atoms with E-state index in [1.54, 1.807) is 6.07 Å². The molecule has 1 aromatic rings. The fourth-order valence-corrected chi connectivity index (χ4v) is 2.66. The minimum Gasteiger partial charge on any atom is -0.389 e. The quantitative estimate of drug-likeness (QED) is 0.890. The fraction of sp³-hybridized carbons (Fsp3) is 0.688. The molecule has 1 heterocycles. The Balaban J connectivity index is 1.87. The zero-order valence-electron chi connectivity index (χ0n) is 12.6. The van der Waals surface area contributed by atoms with Crippen molar-refractivity contribution in [3.05, 3.63) is 29.8 Å². The third-order valence-electron chi connectivity index (χ3n) is 4.47. The molecule has 1 aliphatic rings. The Bertz CT molecular complexity index is 434. The lowest BCUT2D eigenvalue weighted by molar-refractivity contribution is -0.0258. The molecule has 0 amide bonds. The van der Waals surface area contributed by atoms with Crippen molar-refractivity contribution in [3.63, 3.8) is 0 Å². The summed E-state index contributed by atoms with van der Waals surface area (Å²) in [5, 5.41) is 13.9. The minimum atomic E-state index is -0.621. The van der Waals surface area contributed by atoms with Crippen LogP contribution in [0.4, 0.5) is 4.39 Å². The highest BCUT2D eigenvalue weighted by molar-refractivity contribution is 5.09. The van der Waals surface area contributed by atoms with Gasteiger partial charge in [0, 0.05) is 12.6 Å². The maximum atomic E-state index is 12.8. The van der Waals surface area contributed by atoms with Gasteiger partial charge in [-0.05, 0) is 50.2 Å². The predicted octanol–water partition coefficient (Wildman–Crippen LogP) is 3.20. The van der Waals surface area contributed by atoms with Gasteiger partial charge in [0.1, 0.15) is 5.82 Å². The van der Waals surface area contributed by atoms with E-state index in [0.29, 0.717) is 12.0 Å². The first-order valence-electron chi connectivity index (χ1n) is 7.37. The maximum absolute atomic E-state index is 12.8. The number of aliphatic hydroxyl groups is 1. The van der Waals surface area contributed by atoms with Crippen molar-refractivity contribution < 1.29 is 9.50 Å².